The van der Waals surface area contributed by atoms with Gasteiger partial charge in [0.05, 0.1) is 17.6 Å². The number of hydrogen-bond donors (Lipinski definition) is 0. The molecule has 0 saturated heterocycles. The van der Waals surface area contributed by atoms with Crippen LogP contribution in [0.2, 0.25) is 0 Å². The Hall–Kier alpha value is -2.03. The summed E-state index contributed by atoms with van der Waals surface area (Å²) in [5.74, 6) is 1.45. The lowest BCUT2D eigenvalue weighted by Crippen LogP contribution is -2.51. The van der Waals surface area contributed by atoms with Gasteiger partial charge in [0.2, 0.25) is 5.91 Å². The molecule has 1 aromatic carbocycles. The van der Waals surface area contributed by atoms with E-state index in [1.54, 1.807) is 12.1 Å². The van der Waals surface area contributed by atoms with Gasteiger partial charge in [0.25, 0.3) is 0 Å². The van der Waals surface area contributed by atoms with Gasteiger partial charge >= 0.3 is 6.18 Å². The molecule has 6 unspecified atom stereocenters. The molecule has 5 rings (SSSR count). The van der Waals surface area contributed by atoms with E-state index in [0.717, 1.165) is 50.5 Å². The van der Waals surface area contributed by atoms with Crippen LogP contribution in [0, 0.1) is 58.2 Å². The molecule has 39 heavy (non-hydrogen) atoms. The molecule has 1 aromatic rings. The van der Waals surface area contributed by atoms with Crippen molar-refractivity contribution in [2.45, 2.75) is 105 Å². The van der Waals surface area contributed by atoms with Crippen LogP contribution in [0.3, 0.4) is 0 Å². The molecule has 0 aromatic heterocycles. The molecule has 0 bridgehead atoms. The van der Waals surface area contributed by atoms with Gasteiger partial charge in [-0.15, -0.1) is 0 Å². The fraction of sp³-hybridized carbons (Fsp3) is 0.758. The van der Waals surface area contributed by atoms with E-state index in [1.807, 2.05) is 51.8 Å². The van der Waals surface area contributed by atoms with Crippen molar-refractivity contribution in [3.63, 3.8) is 0 Å². The molecule has 0 spiro atoms. The van der Waals surface area contributed by atoms with E-state index >= 15 is 0 Å². The third-order valence-electron chi connectivity index (χ3n) is 10.6. The van der Waals surface area contributed by atoms with Gasteiger partial charge in [-0.25, -0.2) is 0 Å². The molecule has 4 aliphatic rings. The quantitative estimate of drug-likeness (QED) is 0.380. The Labute approximate surface area is 234 Å². The second-order valence-corrected chi connectivity index (χ2v) is 12.2. The van der Waals surface area contributed by atoms with E-state index in [0.29, 0.717) is 48.6 Å². The molecule has 3 nitrogen and oxygen atoms in total. The van der Waals surface area contributed by atoms with E-state index in [4.69, 9.17) is 5.26 Å². The molecule has 8 atom stereocenters. The number of carbonyl (C=O) groups excluding carboxylic acids is 1. The highest BCUT2D eigenvalue weighted by Crippen LogP contribution is 2.65. The Morgan fingerprint density at radius 3 is 2.21 bits per heavy atom. The predicted molar refractivity (Wildman–Crippen MR) is 150 cm³/mol. The van der Waals surface area contributed by atoms with E-state index in [1.165, 1.54) is 0 Å². The lowest BCUT2D eigenvalue weighted by atomic mass is 9.49. The highest BCUT2D eigenvalue weighted by molar-refractivity contribution is 5.80. The number of hydrogen-bond acceptors (Lipinski definition) is 2. The average Bonchev–Trinajstić information content (AvgIpc) is 3.31. The summed E-state index contributed by atoms with van der Waals surface area (Å²) in [7, 11) is 1.88. The first-order valence-corrected chi connectivity index (χ1v) is 15.4. The van der Waals surface area contributed by atoms with Gasteiger partial charge < -0.3 is 4.90 Å². The number of carbonyl (C=O) groups is 1. The number of alkyl halides is 3. The number of rotatable bonds is 3. The van der Waals surface area contributed by atoms with Crippen LogP contribution in [0.25, 0.3) is 0 Å². The topological polar surface area (TPSA) is 44.1 Å². The molecular weight excluding hydrogens is 497 g/mol. The van der Waals surface area contributed by atoms with Crippen LogP contribution in [0.5, 0.6) is 0 Å². The number of halogens is 3. The number of nitriles is 1. The predicted octanol–water partition coefficient (Wildman–Crippen LogP) is 9.02. The fourth-order valence-corrected chi connectivity index (χ4v) is 8.86. The first-order chi connectivity index (χ1) is 18.6. The summed E-state index contributed by atoms with van der Waals surface area (Å²) < 4.78 is 40.1. The van der Waals surface area contributed by atoms with Crippen molar-refractivity contribution in [3.8, 4) is 6.07 Å². The Morgan fingerprint density at radius 1 is 0.949 bits per heavy atom. The van der Waals surface area contributed by atoms with Gasteiger partial charge in [-0.1, -0.05) is 46.8 Å². The molecule has 0 aliphatic heterocycles. The van der Waals surface area contributed by atoms with Gasteiger partial charge in [-0.3, -0.25) is 4.79 Å². The fourth-order valence-electron chi connectivity index (χ4n) is 8.86. The maximum absolute atomic E-state index is 13.6. The summed E-state index contributed by atoms with van der Waals surface area (Å²) in [4.78, 5) is 15.5. The molecule has 218 valence electrons. The minimum absolute atomic E-state index is 0.00676. The van der Waals surface area contributed by atoms with Crippen LogP contribution in [-0.4, -0.2) is 24.0 Å². The minimum Gasteiger partial charge on any atom is -0.341 e. The highest BCUT2D eigenvalue weighted by Gasteiger charge is 2.59. The zero-order valence-corrected chi connectivity index (χ0v) is 24.9. The standard InChI is InChI=1S/C29H37F3N2O.2C2H6/c1-28-14-13-23-22-10-8-21(29(30,31)32)15-20(22)7-9-24(23)25(28)11-12-26(28)27(35)34(2)17-19-5-3-18(16-33)4-6-19;2*1-2/h3-6,20-26H,7-15,17H2,1-2H3;2*1-2H3/t20?,21-,22?,23?,24?,25?,26+,28?;;/m0../s1. The first kappa shape index (κ1) is 31.5. The van der Waals surface area contributed by atoms with Crippen molar-refractivity contribution < 1.29 is 18.0 Å². The smallest absolute Gasteiger partial charge is 0.341 e. The van der Waals surface area contributed by atoms with Crippen molar-refractivity contribution in [3.05, 3.63) is 35.4 Å². The monoisotopic (exact) mass is 546 g/mol. The highest BCUT2D eigenvalue weighted by atomic mass is 19.4. The van der Waals surface area contributed by atoms with Crippen LogP contribution < -0.4 is 0 Å². The zero-order chi connectivity index (χ0) is 29.0. The third kappa shape index (κ3) is 6.33. The second-order valence-electron chi connectivity index (χ2n) is 12.2. The lowest BCUT2D eigenvalue weighted by molar-refractivity contribution is -0.196. The largest absolute Gasteiger partial charge is 0.391 e. The summed E-state index contributed by atoms with van der Waals surface area (Å²) in [6.45, 7) is 10.9. The van der Waals surface area contributed by atoms with Crippen LogP contribution >= 0.6 is 0 Å². The normalized spacial score (nSPS) is 34.9. The van der Waals surface area contributed by atoms with E-state index in [-0.39, 0.29) is 23.2 Å². The first-order valence-electron chi connectivity index (χ1n) is 15.4. The van der Waals surface area contributed by atoms with Crippen molar-refractivity contribution in [1.82, 2.24) is 4.90 Å². The summed E-state index contributed by atoms with van der Waals surface area (Å²) in [5, 5.41) is 9.01. The Kier molecular flexibility index (Phi) is 10.6. The van der Waals surface area contributed by atoms with Crippen molar-refractivity contribution in [2.75, 3.05) is 7.05 Å². The summed E-state index contributed by atoms with van der Waals surface area (Å²) in [6, 6.07) is 9.54. The molecule has 4 aliphatic carbocycles. The lowest BCUT2D eigenvalue weighted by Gasteiger charge is -2.56. The maximum Gasteiger partial charge on any atom is 0.391 e. The molecule has 6 heteroatoms. The minimum atomic E-state index is -4.05. The Balaban J connectivity index is 0.00000100. The van der Waals surface area contributed by atoms with E-state index in [2.05, 4.69) is 13.0 Å². The van der Waals surface area contributed by atoms with Crippen LogP contribution in [0.15, 0.2) is 24.3 Å². The molecule has 0 heterocycles. The average molecular weight is 547 g/mol. The number of benzene rings is 1. The summed E-state index contributed by atoms with van der Waals surface area (Å²) >= 11 is 0. The molecule has 0 N–H and O–H groups in total. The van der Waals surface area contributed by atoms with Gasteiger partial charge in [-0.05, 0) is 110 Å². The van der Waals surface area contributed by atoms with Gasteiger partial charge in [0.1, 0.15) is 0 Å². The maximum atomic E-state index is 13.6. The zero-order valence-electron chi connectivity index (χ0n) is 24.9. The summed E-state index contributed by atoms with van der Waals surface area (Å²) in [6.07, 6.45) is 3.38. The van der Waals surface area contributed by atoms with Gasteiger partial charge in [0.15, 0.2) is 0 Å². The number of amides is 1. The van der Waals surface area contributed by atoms with Crippen LogP contribution in [-0.2, 0) is 11.3 Å². The molecule has 0 radical (unpaired) electrons. The third-order valence-corrected chi connectivity index (χ3v) is 10.6. The number of nitrogens with zero attached hydrogens (tertiary/aromatic N) is 2. The van der Waals surface area contributed by atoms with Gasteiger partial charge in [0, 0.05) is 19.5 Å². The molecule has 4 fully saturated rings. The van der Waals surface area contributed by atoms with Crippen molar-refractivity contribution >= 4 is 5.91 Å². The molecule has 1 amide bonds. The van der Waals surface area contributed by atoms with E-state index in [9.17, 15) is 18.0 Å². The van der Waals surface area contributed by atoms with Crippen molar-refractivity contribution in [1.29, 1.82) is 5.26 Å². The second kappa shape index (κ2) is 13.1. The number of fused-ring (bicyclic) bond motifs is 5. The van der Waals surface area contributed by atoms with Gasteiger partial charge in [-0.2, -0.15) is 18.4 Å². The van der Waals surface area contributed by atoms with Crippen LogP contribution in [0.4, 0.5) is 13.2 Å². The molecular formula is C33H49F3N2O. The van der Waals surface area contributed by atoms with Crippen LogP contribution in [0.1, 0.15) is 104 Å². The van der Waals surface area contributed by atoms with E-state index < -0.39 is 12.1 Å². The SMILES string of the molecule is CC.CC.CN(Cc1ccc(C#N)cc1)C(=O)[C@H]1CCC2C3CCC4C[C@@H](C(F)(F)F)CCC4C3CCC21C. The Morgan fingerprint density at radius 2 is 1.59 bits per heavy atom. The van der Waals surface area contributed by atoms with Crippen molar-refractivity contribution in [2.24, 2.45) is 46.8 Å². The Bertz CT molecular complexity index is 984. The molecule has 4 saturated carbocycles. The summed E-state index contributed by atoms with van der Waals surface area (Å²) in [5.41, 5.74) is 1.64.